The number of phenolic OH excluding ortho intramolecular Hbond substituents is 2. The molecule has 44 heteroatoms. The monoisotopic (exact) mass is 1170 g/mol. The van der Waals surface area contributed by atoms with Crippen molar-refractivity contribution in [3.8, 4) is 11.5 Å². The van der Waals surface area contributed by atoms with Crippen LogP contribution in [-0.2, 0) is 20.2 Å². The number of halogens is 34. The fourth-order valence-electron chi connectivity index (χ4n) is 3.67. The van der Waals surface area contributed by atoms with Crippen molar-refractivity contribution in [2.75, 3.05) is 11.5 Å². The summed E-state index contributed by atoms with van der Waals surface area (Å²) in [6, 6.07) is 5.70. The van der Waals surface area contributed by atoms with Gasteiger partial charge in [0.15, 0.2) is 0 Å². The Morgan fingerprint density at radius 2 is 0.429 bits per heavy atom. The Kier molecular flexibility index (Phi) is 18.8. The van der Waals surface area contributed by atoms with Crippen molar-refractivity contribution in [2.24, 2.45) is 0 Å². The highest BCUT2D eigenvalue weighted by atomic mass is 32.2. The Bertz CT molecular complexity index is 2000. The molecule has 0 aromatic heterocycles. The molecule has 8 nitrogen and oxygen atoms in total. The first-order valence-corrected chi connectivity index (χ1v) is 18.7. The van der Waals surface area contributed by atoms with Crippen LogP contribution in [0.3, 0.4) is 0 Å². The lowest BCUT2D eigenvalue weighted by Crippen LogP contribution is -2.74. The molecule has 0 saturated carbocycles. The van der Waals surface area contributed by atoms with Crippen LogP contribution in [0.5, 0.6) is 11.5 Å². The molecule has 1 rings (SSSR count). The summed E-state index contributed by atoms with van der Waals surface area (Å²) in [5.41, 5.74) is 0. The second-order valence-electron chi connectivity index (χ2n) is 12.9. The van der Waals surface area contributed by atoms with E-state index in [1.807, 2.05) is 0 Å². The van der Waals surface area contributed by atoms with E-state index in [-0.39, 0.29) is 11.5 Å². The summed E-state index contributed by atoms with van der Waals surface area (Å²) in [6.07, 6.45) is -22.1. The zero-order chi connectivity index (χ0) is 57.8. The highest BCUT2D eigenvalue weighted by Crippen LogP contribution is 2.66. The van der Waals surface area contributed by atoms with Gasteiger partial charge >= 0.3 is 95.3 Å². The van der Waals surface area contributed by atoms with E-state index >= 15 is 0 Å². The fraction of sp³-hybridized carbons (Fsp3) is 0.769. The molecule has 418 valence electrons. The summed E-state index contributed by atoms with van der Waals surface area (Å²) in [5, 5.41) is 17.3. The van der Waals surface area contributed by atoms with E-state index in [2.05, 4.69) is 0 Å². The molecule has 0 atom stereocenters. The van der Waals surface area contributed by atoms with E-state index in [1.165, 1.54) is 24.3 Å². The van der Waals surface area contributed by atoms with Crippen LogP contribution < -0.4 is 0 Å². The largest absolute Gasteiger partial charge is 0.508 e. The molecule has 0 amide bonds. The Morgan fingerprint density at radius 1 is 0.286 bits per heavy atom. The van der Waals surface area contributed by atoms with Gasteiger partial charge in [0.05, 0.1) is 11.5 Å². The Morgan fingerprint density at radius 3 is 0.571 bits per heavy atom. The zero-order valence-corrected chi connectivity index (χ0v) is 32.9. The summed E-state index contributed by atoms with van der Waals surface area (Å²) in [4.78, 5) is 0. The molecular weight excluding hydrogens is 1150 g/mol. The van der Waals surface area contributed by atoms with Crippen molar-refractivity contribution in [1.29, 1.82) is 0 Å². The molecule has 0 heterocycles. The van der Waals surface area contributed by atoms with Gasteiger partial charge in [-0.25, -0.2) is 0 Å². The molecule has 4 N–H and O–H groups in total. The summed E-state index contributed by atoms with van der Waals surface area (Å²) in [7, 11) is -11.4. The van der Waals surface area contributed by atoms with Crippen LogP contribution in [0.1, 0.15) is 12.8 Å². The molecule has 0 fully saturated rings. The lowest BCUT2D eigenvalue weighted by molar-refractivity contribution is -0.461. The topological polar surface area (TPSA) is 149 Å². The summed E-state index contributed by atoms with van der Waals surface area (Å²) >= 11 is 0. The SMILES string of the molecule is O=S(=O)(O)CCC(F)(F)C(F)(F)C(F)(F)C(F)(F)C(F)(F)C(F)(F)C(F)(F)C(F)(F)F.O=S(=O)(O)CCC(F)(F)C(F)(F)C(F)(F)C(F)(F)C(F)(F)C(F)(F)C(F)(F)C(F)(F)F.Oc1ccc(O)cc1. The number of rotatable bonds is 18. The number of benzene rings is 1. The van der Waals surface area contributed by atoms with E-state index in [4.69, 9.17) is 19.3 Å². The average Bonchev–Trinajstić information content (AvgIpc) is 3.12. The molecule has 0 aliphatic carbocycles. The summed E-state index contributed by atoms with van der Waals surface area (Å²) in [6.45, 7) is 0. The first-order valence-electron chi connectivity index (χ1n) is 15.5. The van der Waals surface area contributed by atoms with Gasteiger partial charge in [-0.2, -0.15) is 166 Å². The third kappa shape index (κ3) is 12.0. The number of aromatic hydroxyl groups is 2. The highest BCUT2D eigenvalue weighted by molar-refractivity contribution is 7.86. The van der Waals surface area contributed by atoms with Crippen LogP contribution in [0.25, 0.3) is 0 Å². The van der Waals surface area contributed by atoms with Crippen molar-refractivity contribution in [1.82, 2.24) is 0 Å². The second-order valence-corrected chi connectivity index (χ2v) is 16.0. The van der Waals surface area contributed by atoms with Crippen LogP contribution in [-0.4, -0.2) is 143 Å². The minimum absolute atomic E-state index is 0.169. The van der Waals surface area contributed by atoms with Crippen LogP contribution in [0.4, 0.5) is 149 Å². The van der Waals surface area contributed by atoms with E-state index in [9.17, 15) is 166 Å². The minimum atomic E-state index is -8.74. The van der Waals surface area contributed by atoms with Gasteiger partial charge in [-0.3, -0.25) is 9.11 Å². The average molecular weight is 1170 g/mol. The summed E-state index contributed by atoms with van der Waals surface area (Å²) < 4.78 is 494. The number of alkyl halides is 34. The van der Waals surface area contributed by atoms with Gasteiger partial charge < -0.3 is 10.2 Å². The van der Waals surface area contributed by atoms with Gasteiger partial charge in [0.1, 0.15) is 11.5 Å². The quantitative estimate of drug-likeness (QED) is 0.0645. The standard InChI is InChI=1S/2C10H5F17O3S.C6H6O2/c2*11-3(12,1-2-31(28,29)30)4(13,14)5(15,16)6(17,18)7(19,20)8(21,22)9(23,24)10(25,26)27;7-5-1-2-6(8)4-3-5/h2*1-2H2,(H,28,29,30);1-4,7-8H. The van der Waals surface area contributed by atoms with Gasteiger partial charge in [-0.15, -0.1) is 0 Å². The van der Waals surface area contributed by atoms with Crippen molar-refractivity contribution in [3.05, 3.63) is 24.3 Å². The lowest BCUT2D eigenvalue weighted by Gasteiger charge is -2.42. The molecule has 1 aromatic carbocycles. The molecule has 0 saturated heterocycles. The Hall–Kier alpha value is -3.74. The zero-order valence-electron chi connectivity index (χ0n) is 31.2. The smallest absolute Gasteiger partial charge is 0.460 e. The molecule has 0 bridgehead atoms. The molecule has 0 aliphatic heterocycles. The third-order valence-corrected chi connectivity index (χ3v) is 9.21. The first-order chi connectivity index (χ1) is 29.7. The Labute approximate surface area is 361 Å². The van der Waals surface area contributed by atoms with E-state index < -0.39 is 140 Å². The fourth-order valence-corrected chi connectivity index (χ4v) is 4.70. The maximum absolute atomic E-state index is 13.3. The predicted octanol–water partition coefficient (Wildman–Crippen LogP) is 11.6. The van der Waals surface area contributed by atoms with Crippen molar-refractivity contribution >= 4 is 20.2 Å². The number of phenols is 2. The van der Waals surface area contributed by atoms with Gasteiger partial charge in [-0.1, -0.05) is 0 Å². The first kappa shape index (κ1) is 68.3. The minimum Gasteiger partial charge on any atom is -0.508 e. The predicted molar refractivity (Wildman–Crippen MR) is 153 cm³/mol. The van der Waals surface area contributed by atoms with Crippen molar-refractivity contribution < 1.29 is 185 Å². The maximum Gasteiger partial charge on any atom is 0.460 e. The molecule has 70 heavy (non-hydrogen) atoms. The Balaban J connectivity index is 0. The molecule has 1 aromatic rings. The van der Waals surface area contributed by atoms with Crippen LogP contribution >= 0.6 is 0 Å². The van der Waals surface area contributed by atoms with E-state index in [1.54, 1.807) is 0 Å². The molecule has 0 aliphatic rings. The van der Waals surface area contributed by atoms with Gasteiger partial charge in [0.2, 0.25) is 0 Å². The van der Waals surface area contributed by atoms with Crippen LogP contribution in [0, 0.1) is 0 Å². The van der Waals surface area contributed by atoms with Crippen molar-refractivity contribution in [2.45, 2.75) is 108 Å². The maximum atomic E-state index is 13.3. The van der Waals surface area contributed by atoms with Crippen molar-refractivity contribution in [3.63, 3.8) is 0 Å². The number of hydrogen-bond acceptors (Lipinski definition) is 6. The second kappa shape index (κ2) is 19.3. The van der Waals surface area contributed by atoms with Crippen LogP contribution in [0.2, 0.25) is 0 Å². The van der Waals surface area contributed by atoms with E-state index in [0.29, 0.717) is 0 Å². The highest BCUT2D eigenvalue weighted by Gasteiger charge is 2.97. The normalized spacial score (nSPS) is 15.7. The molecular formula is C26H16F34O8S2. The van der Waals surface area contributed by atoms with E-state index in [0.717, 1.165) is 0 Å². The molecule has 0 spiro atoms. The van der Waals surface area contributed by atoms with Gasteiger partial charge in [-0.05, 0) is 24.3 Å². The van der Waals surface area contributed by atoms with Gasteiger partial charge in [0, 0.05) is 12.8 Å². The molecule has 0 unspecified atom stereocenters. The third-order valence-electron chi connectivity index (χ3n) is 7.77. The summed E-state index contributed by atoms with van der Waals surface area (Å²) in [5.74, 6) is -120. The molecule has 0 radical (unpaired) electrons. The van der Waals surface area contributed by atoms with Gasteiger partial charge in [0.25, 0.3) is 20.2 Å². The lowest BCUT2D eigenvalue weighted by atomic mass is 9.88. The number of hydrogen-bond donors (Lipinski definition) is 4. The van der Waals surface area contributed by atoms with Crippen LogP contribution in [0.15, 0.2) is 24.3 Å².